The molecule has 3 aromatic rings. The molecule has 3 aliphatic rings. The highest BCUT2D eigenvalue weighted by Gasteiger charge is 2.66. The molecule has 0 N–H and O–H groups in total. The van der Waals surface area contributed by atoms with Gasteiger partial charge >= 0.3 is 0 Å². The molecule has 0 aromatic heterocycles. The molecule has 2 bridgehead atoms. The molecule has 1 saturated heterocycles. The second kappa shape index (κ2) is 8.31. The normalized spacial score (nSPS) is 29.6. The van der Waals surface area contributed by atoms with Crippen LogP contribution >= 0.6 is 31.9 Å². The van der Waals surface area contributed by atoms with Crippen molar-refractivity contribution in [1.29, 1.82) is 0 Å². The molecule has 0 spiro atoms. The lowest BCUT2D eigenvalue weighted by atomic mass is 9.81. The van der Waals surface area contributed by atoms with Crippen LogP contribution < -0.4 is 4.90 Å². The Morgan fingerprint density at radius 3 is 2.03 bits per heavy atom. The van der Waals surface area contributed by atoms with E-state index in [9.17, 15) is 14.4 Å². The Hall–Kier alpha value is -2.51. The second-order valence-corrected chi connectivity index (χ2v) is 11.5. The quantitative estimate of drug-likeness (QED) is 0.311. The number of amides is 3. The molecule has 3 aromatic carbocycles. The van der Waals surface area contributed by atoms with Crippen LogP contribution in [-0.2, 0) is 14.4 Å². The van der Waals surface area contributed by atoms with Crippen LogP contribution in [0.1, 0.15) is 6.42 Å². The Balaban J connectivity index is 1.33. The van der Waals surface area contributed by atoms with Gasteiger partial charge in [0, 0.05) is 21.0 Å². The predicted molar refractivity (Wildman–Crippen MR) is 138 cm³/mol. The topological polar surface area (TPSA) is 57.7 Å². The summed E-state index contributed by atoms with van der Waals surface area (Å²) in [6.45, 7) is -0.258. The summed E-state index contributed by atoms with van der Waals surface area (Å²) in [7, 11) is 0. The van der Waals surface area contributed by atoms with Crippen LogP contribution in [0.2, 0.25) is 0 Å². The van der Waals surface area contributed by atoms with E-state index in [-0.39, 0.29) is 57.6 Å². The number of anilines is 2. The minimum Gasteiger partial charge on any atom is -0.280 e. The number of hydrogen-bond donors (Lipinski definition) is 0. The molecule has 1 aliphatic heterocycles. The number of fused-ring (bicyclic) bond motifs is 6. The van der Waals surface area contributed by atoms with Crippen LogP contribution in [0.15, 0.2) is 72.8 Å². The van der Waals surface area contributed by atoms with Gasteiger partial charge < -0.3 is 0 Å². The molecule has 2 aliphatic carbocycles. The number of halogens is 2. The predicted octanol–water partition coefficient (Wildman–Crippen LogP) is 5.28. The van der Waals surface area contributed by atoms with Crippen LogP contribution in [-0.4, -0.2) is 38.8 Å². The summed E-state index contributed by atoms with van der Waals surface area (Å²) >= 11 is 7.43. The zero-order valence-corrected chi connectivity index (χ0v) is 21.4. The van der Waals surface area contributed by atoms with Crippen molar-refractivity contribution in [3.05, 3.63) is 72.8 Å². The van der Waals surface area contributed by atoms with E-state index in [1.165, 1.54) is 4.90 Å². The van der Waals surface area contributed by atoms with Crippen LogP contribution in [0.3, 0.4) is 0 Å². The molecule has 172 valence electrons. The first-order chi connectivity index (χ1) is 16.5. The summed E-state index contributed by atoms with van der Waals surface area (Å²) < 4.78 is 0. The molecular weight excluding hydrogens is 560 g/mol. The lowest BCUT2D eigenvalue weighted by molar-refractivity contribution is -0.143. The number of para-hydroxylation sites is 1. The second-order valence-electron chi connectivity index (χ2n) is 9.36. The van der Waals surface area contributed by atoms with Gasteiger partial charge in [-0.3, -0.25) is 24.2 Å². The molecule has 1 heterocycles. The first kappa shape index (κ1) is 22.0. The number of benzene rings is 3. The number of carbonyl (C=O) groups is 3. The highest BCUT2D eigenvalue weighted by atomic mass is 79.9. The molecule has 0 unspecified atom stereocenters. The Kier molecular flexibility index (Phi) is 5.37. The summed E-state index contributed by atoms with van der Waals surface area (Å²) in [6, 6.07) is 23.2. The summed E-state index contributed by atoms with van der Waals surface area (Å²) in [6.07, 6.45) is 0.869. The van der Waals surface area contributed by atoms with Crippen LogP contribution in [0.5, 0.6) is 0 Å². The highest BCUT2D eigenvalue weighted by Crippen LogP contribution is 2.60. The average molecular weight is 582 g/mol. The number of rotatable bonds is 4. The SMILES string of the molecule is O=C1[C@@H]2[C@H]3C[C@@H]([C@@H](Br)[C@H]3Br)[C@H]2C(=O)N1CC(=O)N(c1ccccc1)c1ccc2ccccc2c1. The maximum Gasteiger partial charge on any atom is 0.251 e. The third-order valence-corrected chi connectivity index (χ3v) is 10.8. The molecule has 0 radical (unpaired) electrons. The van der Waals surface area contributed by atoms with Crippen molar-refractivity contribution in [2.75, 3.05) is 11.4 Å². The number of imide groups is 1. The summed E-state index contributed by atoms with van der Waals surface area (Å²) in [5, 5.41) is 2.09. The molecule has 7 heteroatoms. The average Bonchev–Trinajstić information content (AvgIpc) is 3.46. The fourth-order valence-corrected chi connectivity index (χ4v) is 7.98. The largest absolute Gasteiger partial charge is 0.280 e. The van der Waals surface area contributed by atoms with E-state index >= 15 is 0 Å². The van der Waals surface area contributed by atoms with E-state index in [1.807, 2.05) is 72.8 Å². The summed E-state index contributed by atoms with van der Waals surface area (Å²) in [4.78, 5) is 43.6. The first-order valence-electron chi connectivity index (χ1n) is 11.5. The smallest absolute Gasteiger partial charge is 0.251 e. The van der Waals surface area contributed by atoms with Gasteiger partial charge in [-0.05, 0) is 53.3 Å². The van der Waals surface area contributed by atoms with Crippen molar-refractivity contribution in [3.8, 4) is 0 Å². The van der Waals surface area contributed by atoms with E-state index in [1.54, 1.807) is 4.90 Å². The monoisotopic (exact) mass is 580 g/mol. The lowest BCUT2D eigenvalue weighted by Gasteiger charge is -2.28. The third kappa shape index (κ3) is 3.28. The number of nitrogens with zero attached hydrogens (tertiary/aromatic N) is 2. The zero-order chi connectivity index (χ0) is 23.6. The number of alkyl halides is 2. The minimum absolute atomic E-state index is 0.127. The first-order valence-corrected chi connectivity index (χ1v) is 13.3. The minimum atomic E-state index is -0.325. The van der Waals surface area contributed by atoms with E-state index in [0.29, 0.717) is 11.4 Å². The molecule has 5 nitrogen and oxygen atoms in total. The van der Waals surface area contributed by atoms with Crippen molar-refractivity contribution in [2.24, 2.45) is 23.7 Å². The Labute approximate surface area is 214 Å². The third-order valence-electron chi connectivity index (χ3n) is 7.63. The van der Waals surface area contributed by atoms with E-state index in [2.05, 4.69) is 31.9 Å². The van der Waals surface area contributed by atoms with Gasteiger partial charge in [-0.2, -0.15) is 0 Å². The molecular formula is C27H22Br2N2O3. The molecule has 6 atom stereocenters. The van der Waals surface area contributed by atoms with Gasteiger partial charge in [-0.15, -0.1) is 0 Å². The number of likely N-dealkylation sites (tertiary alicyclic amines) is 1. The number of hydrogen-bond acceptors (Lipinski definition) is 3. The Bertz CT molecular complexity index is 1280. The van der Waals surface area contributed by atoms with Gasteiger partial charge in [0.15, 0.2) is 0 Å². The lowest BCUT2D eigenvalue weighted by Crippen LogP contribution is -2.42. The maximum absolute atomic E-state index is 13.7. The van der Waals surface area contributed by atoms with Crippen molar-refractivity contribution in [2.45, 2.75) is 16.1 Å². The Morgan fingerprint density at radius 1 is 0.794 bits per heavy atom. The molecule has 6 rings (SSSR count). The number of carbonyl (C=O) groups excluding carboxylic acids is 3. The van der Waals surface area contributed by atoms with Crippen molar-refractivity contribution < 1.29 is 14.4 Å². The van der Waals surface area contributed by atoms with E-state index < -0.39 is 0 Å². The van der Waals surface area contributed by atoms with Gasteiger partial charge in [0.2, 0.25) is 11.8 Å². The molecule has 34 heavy (non-hydrogen) atoms. The zero-order valence-electron chi connectivity index (χ0n) is 18.2. The summed E-state index contributed by atoms with van der Waals surface area (Å²) in [5.74, 6) is -1.11. The van der Waals surface area contributed by atoms with Gasteiger partial charge in [0.05, 0.1) is 11.8 Å². The summed E-state index contributed by atoms with van der Waals surface area (Å²) in [5.41, 5.74) is 1.40. The van der Waals surface area contributed by atoms with Gasteiger partial charge in [-0.25, -0.2) is 0 Å². The maximum atomic E-state index is 13.7. The standard InChI is InChI=1S/C27H22Br2N2O3/c28-24-19-13-20(25(24)29)23-22(19)26(33)30(27(23)34)14-21(32)31(17-8-2-1-3-9-17)18-11-10-15-6-4-5-7-16(15)12-18/h1-12,19-20,22-25H,13-14H2/t19-,20-,22-,23-,24-,25+/m1/s1. The van der Waals surface area contributed by atoms with E-state index in [0.717, 1.165) is 17.2 Å². The van der Waals surface area contributed by atoms with Crippen LogP contribution in [0.4, 0.5) is 11.4 Å². The van der Waals surface area contributed by atoms with Gasteiger partial charge in [0.1, 0.15) is 6.54 Å². The fourth-order valence-electron chi connectivity index (χ4n) is 6.10. The molecule has 3 fully saturated rings. The molecule has 2 saturated carbocycles. The van der Waals surface area contributed by atoms with Crippen LogP contribution in [0, 0.1) is 23.7 Å². The van der Waals surface area contributed by atoms with Crippen molar-refractivity contribution in [1.82, 2.24) is 4.90 Å². The highest BCUT2D eigenvalue weighted by molar-refractivity contribution is 9.12. The van der Waals surface area contributed by atoms with Crippen molar-refractivity contribution >= 4 is 71.7 Å². The Morgan fingerprint density at radius 2 is 1.38 bits per heavy atom. The van der Waals surface area contributed by atoms with Gasteiger partial charge in [0.25, 0.3) is 5.91 Å². The molecule has 3 amide bonds. The van der Waals surface area contributed by atoms with Crippen LogP contribution in [0.25, 0.3) is 10.8 Å². The fraction of sp³-hybridized carbons (Fsp3) is 0.296. The van der Waals surface area contributed by atoms with E-state index in [4.69, 9.17) is 0 Å². The van der Waals surface area contributed by atoms with Crippen molar-refractivity contribution in [3.63, 3.8) is 0 Å². The van der Waals surface area contributed by atoms with Gasteiger partial charge in [-0.1, -0.05) is 80.4 Å².